The van der Waals surface area contributed by atoms with Crippen LogP contribution >= 0.6 is 0 Å². The van der Waals surface area contributed by atoms with Crippen molar-refractivity contribution in [2.45, 2.75) is 13.3 Å². The van der Waals surface area contributed by atoms with Gasteiger partial charge in [-0.3, -0.25) is 0 Å². The molecule has 10 heteroatoms. The van der Waals surface area contributed by atoms with Crippen LogP contribution in [0.25, 0.3) is 11.5 Å². The van der Waals surface area contributed by atoms with E-state index in [-0.39, 0.29) is 11.5 Å². The fraction of sp³-hybridized carbons (Fsp3) is 0.192. The molecule has 1 aromatic heterocycles. The number of anilines is 2. The van der Waals surface area contributed by atoms with Gasteiger partial charge >= 0.3 is 6.03 Å². The molecule has 3 aromatic carbocycles. The molecule has 0 bridgehead atoms. The minimum Gasteiger partial charge on any atom is -0.493 e. The fourth-order valence-electron chi connectivity index (χ4n) is 3.53. The summed E-state index contributed by atoms with van der Waals surface area (Å²) in [4.78, 5) is 12.6. The average molecular weight is 493 g/mol. The first-order chi connectivity index (χ1) is 17.4. The van der Waals surface area contributed by atoms with Crippen molar-refractivity contribution >= 4 is 17.4 Å². The second kappa shape index (κ2) is 10.8. The third-order valence-corrected chi connectivity index (χ3v) is 5.32. The SMILES string of the molecule is COc1cc(NC(=O)Nc2ccc(F)c(-c3nnc(Cc4ccc(C)cc4)o3)c2)cc(OC)c1OC. The number of nitrogens with zero attached hydrogens (tertiary/aromatic N) is 2. The molecule has 0 aliphatic heterocycles. The molecule has 0 spiro atoms. The van der Waals surface area contributed by atoms with Gasteiger partial charge in [-0.15, -0.1) is 10.2 Å². The topological polar surface area (TPSA) is 108 Å². The van der Waals surface area contributed by atoms with E-state index in [1.54, 1.807) is 12.1 Å². The second-order valence-corrected chi connectivity index (χ2v) is 7.85. The molecule has 0 atom stereocenters. The van der Waals surface area contributed by atoms with Crippen LogP contribution in [-0.4, -0.2) is 37.6 Å². The van der Waals surface area contributed by atoms with Crippen molar-refractivity contribution in [2.75, 3.05) is 32.0 Å². The van der Waals surface area contributed by atoms with Crippen LogP contribution in [0.15, 0.2) is 59.0 Å². The van der Waals surface area contributed by atoms with Crippen LogP contribution in [0.5, 0.6) is 17.2 Å². The summed E-state index contributed by atoms with van der Waals surface area (Å²) in [6, 6.07) is 14.6. The van der Waals surface area contributed by atoms with Crippen molar-refractivity contribution in [3.8, 4) is 28.7 Å². The highest BCUT2D eigenvalue weighted by Crippen LogP contribution is 2.40. The number of benzene rings is 3. The van der Waals surface area contributed by atoms with E-state index in [1.807, 2.05) is 31.2 Å². The molecule has 0 unspecified atom stereocenters. The molecule has 9 nitrogen and oxygen atoms in total. The minimum atomic E-state index is -0.563. The maximum absolute atomic E-state index is 14.6. The predicted molar refractivity (Wildman–Crippen MR) is 132 cm³/mol. The molecule has 4 aromatic rings. The number of hydrogen-bond acceptors (Lipinski definition) is 7. The van der Waals surface area contributed by atoms with Gasteiger partial charge in [0, 0.05) is 17.8 Å². The van der Waals surface area contributed by atoms with Crippen molar-refractivity contribution in [3.05, 3.63) is 77.4 Å². The molecule has 0 radical (unpaired) electrons. The summed E-state index contributed by atoms with van der Waals surface area (Å²) in [6.07, 6.45) is 0.421. The van der Waals surface area contributed by atoms with E-state index < -0.39 is 11.8 Å². The highest BCUT2D eigenvalue weighted by Gasteiger charge is 2.17. The molecule has 36 heavy (non-hydrogen) atoms. The minimum absolute atomic E-state index is 0.0169. The van der Waals surface area contributed by atoms with Crippen LogP contribution < -0.4 is 24.8 Å². The molecule has 1 heterocycles. The Balaban J connectivity index is 1.49. The Morgan fingerprint density at radius 3 is 2.19 bits per heavy atom. The van der Waals surface area contributed by atoms with Gasteiger partial charge in [-0.25, -0.2) is 9.18 Å². The van der Waals surface area contributed by atoms with E-state index in [2.05, 4.69) is 20.8 Å². The maximum atomic E-state index is 14.6. The highest BCUT2D eigenvalue weighted by molar-refractivity contribution is 6.00. The molecule has 0 aliphatic carbocycles. The van der Waals surface area contributed by atoms with Crippen molar-refractivity contribution in [2.24, 2.45) is 0 Å². The number of hydrogen-bond donors (Lipinski definition) is 2. The smallest absolute Gasteiger partial charge is 0.323 e. The molecule has 0 fully saturated rings. The number of carbonyl (C=O) groups excluding carboxylic acids is 1. The Bertz CT molecular complexity index is 1350. The Kier molecular flexibility index (Phi) is 7.33. The van der Waals surface area contributed by atoms with Crippen LogP contribution in [0.3, 0.4) is 0 Å². The number of amides is 2. The van der Waals surface area contributed by atoms with E-state index in [0.717, 1.165) is 11.1 Å². The number of halogens is 1. The van der Waals surface area contributed by atoms with Crippen LogP contribution in [0, 0.1) is 12.7 Å². The normalized spacial score (nSPS) is 10.6. The van der Waals surface area contributed by atoms with Crippen molar-refractivity contribution in [1.82, 2.24) is 10.2 Å². The summed E-state index contributed by atoms with van der Waals surface area (Å²) >= 11 is 0. The third-order valence-electron chi connectivity index (χ3n) is 5.32. The largest absolute Gasteiger partial charge is 0.493 e. The lowest BCUT2D eigenvalue weighted by atomic mass is 10.1. The zero-order valence-corrected chi connectivity index (χ0v) is 20.2. The first-order valence-corrected chi connectivity index (χ1v) is 11.0. The third kappa shape index (κ3) is 5.54. The van der Waals surface area contributed by atoms with Crippen LogP contribution in [0.4, 0.5) is 20.6 Å². The predicted octanol–water partition coefficient (Wildman–Crippen LogP) is 5.44. The quantitative estimate of drug-likeness (QED) is 0.337. The summed E-state index contributed by atoms with van der Waals surface area (Å²) in [5.74, 6) is 0.977. The molecule has 0 saturated heterocycles. The lowest BCUT2D eigenvalue weighted by Gasteiger charge is -2.15. The lowest BCUT2D eigenvalue weighted by Crippen LogP contribution is -2.19. The highest BCUT2D eigenvalue weighted by atomic mass is 19.1. The average Bonchev–Trinajstić information content (AvgIpc) is 3.34. The van der Waals surface area contributed by atoms with E-state index in [0.29, 0.717) is 40.9 Å². The van der Waals surface area contributed by atoms with Gasteiger partial charge in [-0.05, 0) is 30.7 Å². The van der Waals surface area contributed by atoms with Crippen molar-refractivity contribution < 1.29 is 27.8 Å². The van der Waals surface area contributed by atoms with Crippen LogP contribution in [-0.2, 0) is 6.42 Å². The van der Waals surface area contributed by atoms with E-state index in [1.165, 1.54) is 39.5 Å². The number of aryl methyl sites for hydroxylation is 1. The number of carbonyl (C=O) groups is 1. The van der Waals surface area contributed by atoms with Gasteiger partial charge in [0.1, 0.15) is 5.82 Å². The first-order valence-electron chi connectivity index (χ1n) is 11.0. The molecule has 4 rings (SSSR count). The van der Waals surface area contributed by atoms with Gasteiger partial charge in [0.2, 0.25) is 11.6 Å². The number of methoxy groups -OCH3 is 3. The number of urea groups is 1. The van der Waals surface area contributed by atoms with Crippen molar-refractivity contribution in [3.63, 3.8) is 0 Å². The summed E-state index contributed by atoms with van der Waals surface area (Å²) in [5.41, 5.74) is 2.95. The first kappa shape index (κ1) is 24.5. The summed E-state index contributed by atoms with van der Waals surface area (Å²) < 4.78 is 36.1. The summed E-state index contributed by atoms with van der Waals surface area (Å²) in [6.45, 7) is 2.00. The molecule has 0 aliphatic rings. The van der Waals surface area contributed by atoms with Crippen LogP contribution in [0.1, 0.15) is 17.0 Å². The van der Waals surface area contributed by atoms with Gasteiger partial charge in [-0.1, -0.05) is 29.8 Å². The van der Waals surface area contributed by atoms with Crippen LogP contribution in [0.2, 0.25) is 0 Å². The molecule has 2 amide bonds. The summed E-state index contributed by atoms with van der Waals surface area (Å²) in [7, 11) is 4.44. The Morgan fingerprint density at radius 1 is 0.889 bits per heavy atom. The van der Waals surface area contributed by atoms with Gasteiger partial charge < -0.3 is 29.3 Å². The Labute approximate surface area is 207 Å². The molecule has 186 valence electrons. The number of nitrogens with one attached hydrogen (secondary N) is 2. The van der Waals surface area contributed by atoms with E-state index in [9.17, 15) is 9.18 Å². The Hall–Kier alpha value is -4.60. The number of aromatic nitrogens is 2. The summed E-state index contributed by atoms with van der Waals surface area (Å²) in [5, 5.41) is 13.4. The van der Waals surface area contributed by atoms with Gasteiger partial charge in [0.25, 0.3) is 5.89 Å². The number of rotatable bonds is 8. The monoisotopic (exact) mass is 492 g/mol. The maximum Gasteiger partial charge on any atom is 0.323 e. The Morgan fingerprint density at radius 2 is 1.56 bits per heavy atom. The van der Waals surface area contributed by atoms with E-state index >= 15 is 0 Å². The van der Waals surface area contributed by atoms with Gasteiger partial charge in [-0.2, -0.15) is 0 Å². The zero-order chi connectivity index (χ0) is 25.7. The van der Waals surface area contributed by atoms with Gasteiger partial charge in [0.05, 0.1) is 39.0 Å². The van der Waals surface area contributed by atoms with Crippen molar-refractivity contribution in [1.29, 1.82) is 0 Å². The standard InChI is InChI=1S/C26H25FN4O5/c1-15-5-7-16(8-6-15)11-23-30-31-25(36-23)19-12-17(9-10-20(19)27)28-26(32)29-18-13-21(33-2)24(35-4)22(14-18)34-3/h5-10,12-14H,11H2,1-4H3,(H2,28,29,32). The zero-order valence-electron chi connectivity index (χ0n) is 20.2. The fourth-order valence-corrected chi connectivity index (χ4v) is 3.53. The molecular weight excluding hydrogens is 467 g/mol. The number of ether oxygens (including phenoxy) is 3. The molecule has 2 N–H and O–H groups in total. The van der Waals surface area contributed by atoms with E-state index in [4.69, 9.17) is 18.6 Å². The van der Waals surface area contributed by atoms with Gasteiger partial charge in [0.15, 0.2) is 11.5 Å². The molecule has 0 saturated carbocycles. The lowest BCUT2D eigenvalue weighted by molar-refractivity contribution is 0.262. The molecular formula is C26H25FN4O5. The second-order valence-electron chi connectivity index (χ2n) is 7.85.